The summed E-state index contributed by atoms with van der Waals surface area (Å²) < 4.78 is 7.46. The number of anilines is 1. The Morgan fingerprint density at radius 3 is 2.87 bits per heavy atom. The minimum atomic E-state index is -1.13. The number of fused-ring (bicyclic) bond motifs is 1. The fourth-order valence-corrected chi connectivity index (χ4v) is 4.53. The van der Waals surface area contributed by atoms with Crippen molar-refractivity contribution in [3.63, 3.8) is 0 Å². The van der Waals surface area contributed by atoms with E-state index in [0.29, 0.717) is 22.7 Å². The molecule has 0 aromatic carbocycles. The number of hydrogen-bond donors (Lipinski definition) is 4. The standard InChI is InChI=1S/C19H31N7O4S/c1-4-5-6-31-8-11(20)18(29)24-13-12(7-27)30-19(15(13)28)26-10-23-14-16(25(2)3)21-9-22-17(14)26/h9-13,15,19,27-28H,4-8,20H2,1-3H3,(H,24,29)/t11-,12+,13+,15+,19+/m0/s1. The number of amides is 1. The molecule has 1 aliphatic heterocycles. The zero-order chi connectivity index (χ0) is 22.5. The largest absolute Gasteiger partial charge is 0.394 e. The van der Waals surface area contributed by atoms with Gasteiger partial charge in [0.1, 0.15) is 18.5 Å². The van der Waals surface area contributed by atoms with Crippen molar-refractivity contribution in [2.75, 3.05) is 37.1 Å². The number of ether oxygens (including phenoxy) is 1. The van der Waals surface area contributed by atoms with Gasteiger partial charge in [-0.3, -0.25) is 9.36 Å². The van der Waals surface area contributed by atoms with E-state index in [4.69, 9.17) is 10.5 Å². The molecule has 11 nitrogen and oxygen atoms in total. The summed E-state index contributed by atoms with van der Waals surface area (Å²) in [5, 5.41) is 23.5. The smallest absolute Gasteiger partial charge is 0.238 e. The normalized spacial score (nSPS) is 24.5. The highest BCUT2D eigenvalue weighted by atomic mass is 32.2. The monoisotopic (exact) mass is 453 g/mol. The number of nitrogens with two attached hydrogens (primary N) is 1. The predicted molar refractivity (Wildman–Crippen MR) is 119 cm³/mol. The van der Waals surface area contributed by atoms with E-state index in [2.05, 4.69) is 27.2 Å². The number of nitrogens with one attached hydrogen (secondary N) is 1. The van der Waals surface area contributed by atoms with Gasteiger partial charge in [0, 0.05) is 19.8 Å². The van der Waals surface area contributed by atoms with E-state index in [1.165, 1.54) is 12.7 Å². The first kappa shape index (κ1) is 23.7. The van der Waals surface area contributed by atoms with Gasteiger partial charge >= 0.3 is 0 Å². The van der Waals surface area contributed by atoms with Crippen LogP contribution in [0.5, 0.6) is 0 Å². The molecule has 0 unspecified atom stereocenters. The summed E-state index contributed by atoms with van der Waals surface area (Å²) >= 11 is 1.62. The zero-order valence-electron chi connectivity index (χ0n) is 18.0. The number of thioether (sulfide) groups is 1. The Bertz CT molecular complexity index is 880. The molecular formula is C19H31N7O4S. The third-order valence-electron chi connectivity index (χ3n) is 5.18. The predicted octanol–water partition coefficient (Wildman–Crippen LogP) is -0.512. The number of unbranched alkanes of at least 4 members (excludes halogenated alkanes) is 1. The highest BCUT2D eigenvalue weighted by Gasteiger charge is 2.46. The maximum Gasteiger partial charge on any atom is 0.238 e. The van der Waals surface area contributed by atoms with Gasteiger partial charge in [-0.05, 0) is 12.2 Å². The number of aliphatic hydroxyl groups excluding tert-OH is 2. The maximum absolute atomic E-state index is 12.6. The van der Waals surface area contributed by atoms with Gasteiger partial charge in [0.2, 0.25) is 5.91 Å². The van der Waals surface area contributed by atoms with Crippen LogP contribution in [0.2, 0.25) is 0 Å². The van der Waals surface area contributed by atoms with Gasteiger partial charge in [-0.2, -0.15) is 11.8 Å². The van der Waals surface area contributed by atoms with Gasteiger partial charge in [-0.15, -0.1) is 0 Å². The van der Waals surface area contributed by atoms with Gasteiger partial charge in [0.05, 0.1) is 25.0 Å². The van der Waals surface area contributed by atoms with Crippen LogP contribution >= 0.6 is 11.8 Å². The van der Waals surface area contributed by atoms with Crippen LogP contribution in [0.1, 0.15) is 26.0 Å². The molecule has 0 bridgehead atoms. The van der Waals surface area contributed by atoms with Crippen LogP contribution in [0.3, 0.4) is 0 Å². The molecule has 1 fully saturated rings. The van der Waals surface area contributed by atoms with Crippen LogP contribution in [-0.4, -0.2) is 92.1 Å². The highest BCUT2D eigenvalue weighted by Crippen LogP contribution is 2.32. The Kier molecular flexibility index (Phi) is 8.06. The first-order chi connectivity index (χ1) is 14.9. The second-order valence-electron chi connectivity index (χ2n) is 7.72. The first-order valence-corrected chi connectivity index (χ1v) is 11.5. The van der Waals surface area contributed by atoms with Crippen molar-refractivity contribution < 1.29 is 19.7 Å². The van der Waals surface area contributed by atoms with Crippen molar-refractivity contribution in [3.8, 4) is 0 Å². The van der Waals surface area contributed by atoms with Gasteiger partial charge in [-0.1, -0.05) is 13.3 Å². The van der Waals surface area contributed by atoms with Crippen molar-refractivity contribution >= 4 is 34.7 Å². The summed E-state index contributed by atoms with van der Waals surface area (Å²) in [5.74, 6) is 1.67. The van der Waals surface area contributed by atoms with E-state index in [9.17, 15) is 15.0 Å². The average Bonchev–Trinajstić information content (AvgIpc) is 3.31. The van der Waals surface area contributed by atoms with Crippen molar-refractivity contribution in [3.05, 3.63) is 12.7 Å². The van der Waals surface area contributed by atoms with E-state index >= 15 is 0 Å². The second-order valence-corrected chi connectivity index (χ2v) is 8.87. The number of carbonyl (C=O) groups excluding carboxylic acids is 1. The summed E-state index contributed by atoms with van der Waals surface area (Å²) in [7, 11) is 3.69. The first-order valence-electron chi connectivity index (χ1n) is 10.3. The zero-order valence-corrected chi connectivity index (χ0v) is 18.8. The Morgan fingerprint density at radius 1 is 1.42 bits per heavy atom. The number of aromatic nitrogens is 4. The molecule has 3 heterocycles. The molecule has 0 spiro atoms. The number of imidazole rings is 1. The lowest BCUT2D eigenvalue weighted by Crippen LogP contribution is -2.53. The minimum absolute atomic E-state index is 0.371. The third-order valence-corrected chi connectivity index (χ3v) is 6.35. The molecular weight excluding hydrogens is 422 g/mol. The van der Waals surface area contributed by atoms with Crippen molar-refractivity contribution in [1.29, 1.82) is 0 Å². The van der Waals surface area contributed by atoms with E-state index in [0.717, 1.165) is 18.6 Å². The van der Waals surface area contributed by atoms with Crippen LogP contribution in [0, 0.1) is 0 Å². The maximum atomic E-state index is 12.6. The molecule has 31 heavy (non-hydrogen) atoms. The van der Waals surface area contributed by atoms with Gasteiger partial charge in [-0.25, -0.2) is 15.0 Å². The van der Waals surface area contributed by atoms with E-state index in [1.807, 2.05) is 19.0 Å². The fraction of sp³-hybridized carbons (Fsp3) is 0.684. The second kappa shape index (κ2) is 10.6. The van der Waals surface area contributed by atoms with E-state index < -0.39 is 30.5 Å². The molecule has 0 saturated carbocycles. The molecule has 1 amide bonds. The molecule has 12 heteroatoms. The molecule has 5 atom stereocenters. The molecule has 2 aromatic rings. The molecule has 5 N–H and O–H groups in total. The molecule has 1 saturated heterocycles. The van der Waals surface area contributed by atoms with Crippen LogP contribution in [-0.2, 0) is 9.53 Å². The minimum Gasteiger partial charge on any atom is -0.394 e. The average molecular weight is 454 g/mol. The molecule has 3 rings (SSSR count). The molecule has 0 aliphatic carbocycles. The molecule has 2 aromatic heterocycles. The number of hydrogen-bond acceptors (Lipinski definition) is 10. The van der Waals surface area contributed by atoms with Crippen molar-refractivity contribution in [1.82, 2.24) is 24.8 Å². The lowest BCUT2D eigenvalue weighted by Gasteiger charge is -2.22. The van der Waals surface area contributed by atoms with E-state index in [-0.39, 0.29) is 12.5 Å². The summed E-state index contributed by atoms with van der Waals surface area (Å²) in [6.07, 6.45) is 2.27. The van der Waals surface area contributed by atoms with E-state index in [1.54, 1.807) is 16.3 Å². The Hall–Kier alpha value is -1.99. The lowest BCUT2D eigenvalue weighted by molar-refractivity contribution is -0.123. The topological polar surface area (TPSA) is 152 Å². The molecule has 1 aliphatic rings. The summed E-state index contributed by atoms with van der Waals surface area (Å²) in [6.45, 7) is 1.74. The SMILES string of the molecule is CCCCSC[C@H](N)C(=O)N[C@H]1[C@@H](O)[C@H](n2cnc3c(N(C)C)ncnc32)O[C@@H]1CO. The number of nitrogens with zero attached hydrogens (tertiary/aromatic N) is 5. The quantitative estimate of drug-likeness (QED) is 0.346. The lowest BCUT2D eigenvalue weighted by atomic mass is 10.1. The summed E-state index contributed by atoms with van der Waals surface area (Å²) in [4.78, 5) is 27.2. The highest BCUT2D eigenvalue weighted by molar-refractivity contribution is 7.99. The fourth-order valence-electron chi connectivity index (χ4n) is 3.46. The number of rotatable bonds is 10. The molecule has 0 radical (unpaired) electrons. The van der Waals surface area contributed by atoms with Crippen LogP contribution in [0.15, 0.2) is 12.7 Å². The summed E-state index contributed by atoms with van der Waals surface area (Å²) in [6, 6.07) is -1.53. The summed E-state index contributed by atoms with van der Waals surface area (Å²) in [5.41, 5.74) is 7.04. The van der Waals surface area contributed by atoms with Gasteiger partial charge < -0.3 is 30.9 Å². The number of carbonyl (C=O) groups is 1. The Labute approximate surface area is 185 Å². The Balaban J connectivity index is 1.74. The number of aliphatic hydroxyl groups is 2. The third kappa shape index (κ3) is 5.09. The van der Waals surface area contributed by atoms with Gasteiger partial charge in [0.15, 0.2) is 23.2 Å². The van der Waals surface area contributed by atoms with Crippen molar-refractivity contribution in [2.24, 2.45) is 5.73 Å². The van der Waals surface area contributed by atoms with Crippen LogP contribution in [0.25, 0.3) is 11.2 Å². The van der Waals surface area contributed by atoms with Crippen LogP contribution in [0.4, 0.5) is 5.82 Å². The Morgan fingerprint density at radius 2 is 2.19 bits per heavy atom. The molecule has 172 valence electrons. The van der Waals surface area contributed by atoms with Crippen molar-refractivity contribution in [2.45, 2.75) is 50.3 Å². The van der Waals surface area contributed by atoms with Crippen LogP contribution < -0.4 is 16.0 Å². The van der Waals surface area contributed by atoms with Gasteiger partial charge in [0.25, 0.3) is 0 Å².